The van der Waals surface area contributed by atoms with E-state index in [4.69, 9.17) is 4.74 Å². The van der Waals surface area contributed by atoms with Crippen molar-refractivity contribution in [1.82, 2.24) is 14.8 Å². The van der Waals surface area contributed by atoms with Crippen LogP contribution in [0.3, 0.4) is 0 Å². The van der Waals surface area contributed by atoms with E-state index in [0.29, 0.717) is 6.04 Å². The largest absolute Gasteiger partial charge is 0.479 e. The predicted molar refractivity (Wildman–Crippen MR) is 77.4 cm³/mol. The molecule has 0 N–H and O–H groups in total. The smallest absolute Gasteiger partial charge is 0.250 e. The van der Waals surface area contributed by atoms with E-state index in [0.717, 1.165) is 44.7 Å². The molecule has 0 aliphatic carbocycles. The summed E-state index contributed by atoms with van der Waals surface area (Å²) in [5, 5.41) is 0. The van der Waals surface area contributed by atoms with E-state index < -0.39 is 0 Å². The normalized spacial score (nSPS) is 18.2. The molecule has 0 amide bonds. The molecule has 20 heavy (non-hydrogen) atoms. The quantitative estimate of drug-likeness (QED) is 0.845. The zero-order valence-corrected chi connectivity index (χ0v) is 12.6. The van der Waals surface area contributed by atoms with Crippen molar-refractivity contribution in [3.05, 3.63) is 23.6 Å². The van der Waals surface area contributed by atoms with Gasteiger partial charge in [0.2, 0.25) is 5.88 Å². The molecular formula is C15H24FN3O. The summed E-state index contributed by atoms with van der Waals surface area (Å²) >= 11 is 0. The van der Waals surface area contributed by atoms with Gasteiger partial charge in [0.25, 0.3) is 0 Å². The average Bonchev–Trinajstić information content (AvgIpc) is 2.65. The van der Waals surface area contributed by atoms with Crippen LogP contribution in [-0.2, 0) is 6.54 Å². The number of hydrogen-bond acceptors (Lipinski definition) is 4. The Morgan fingerprint density at radius 3 is 2.75 bits per heavy atom. The number of aromatic nitrogens is 1. The van der Waals surface area contributed by atoms with Gasteiger partial charge in [0.05, 0.1) is 7.11 Å². The third-order valence-corrected chi connectivity index (χ3v) is 3.82. The molecule has 2 heterocycles. The highest BCUT2D eigenvalue weighted by molar-refractivity contribution is 5.20. The Hall–Kier alpha value is -1.20. The lowest BCUT2D eigenvalue weighted by Crippen LogP contribution is -2.34. The Bertz CT molecular complexity index is 439. The van der Waals surface area contributed by atoms with Gasteiger partial charge in [0.15, 0.2) is 5.82 Å². The Morgan fingerprint density at radius 1 is 1.30 bits per heavy atom. The Labute approximate surface area is 120 Å². The van der Waals surface area contributed by atoms with E-state index in [9.17, 15) is 4.39 Å². The predicted octanol–water partition coefficient (Wildman–Crippen LogP) is 2.15. The van der Waals surface area contributed by atoms with Gasteiger partial charge in [-0.25, -0.2) is 9.37 Å². The first-order valence-corrected chi connectivity index (χ1v) is 7.25. The third-order valence-electron chi connectivity index (χ3n) is 3.82. The molecule has 1 aromatic heterocycles. The van der Waals surface area contributed by atoms with Gasteiger partial charge in [-0.15, -0.1) is 0 Å². The van der Waals surface area contributed by atoms with Gasteiger partial charge in [-0.3, -0.25) is 9.80 Å². The zero-order chi connectivity index (χ0) is 14.5. The number of ether oxygens (including phenoxy) is 1. The standard InChI is InChI=1S/C15H24FN3O/c1-12(2)19-6-4-5-18(7-8-19)11-13-9-14(16)15(20-3)17-10-13/h9-10,12H,4-8,11H2,1-3H3. The van der Waals surface area contributed by atoms with E-state index in [-0.39, 0.29) is 11.7 Å². The van der Waals surface area contributed by atoms with Crippen LogP contribution in [0.1, 0.15) is 25.8 Å². The topological polar surface area (TPSA) is 28.6 Å². The molecule has 0 atom stereocenters. The van der Waals surface area contributed by atoms with Crippen LogP contribution in [0.2, 0.25) is 0 Å². The Kier molecular flexibility index (Phi) is 5.31. The van der Waals surface area contributed by atoms with Crippen molar-refractivity contribution in [2.45, 2.75) is 32.9 Å². The minimum atomic E-state index is -0.386. The summed E-state index contributed by atoms with van der Waals surface area (Å²) in [6, 6.07) is 2.12. The van der Waals surface area contributed by atoms with E-state index in [1.165, 1.54) is 13.2 Å². The van der Waals surface area contributed by atoms with Crippen LogP contribution in [0.5, 0.6) is 5.88 Å². The first kappa shape index (κ1) is 15.2. The second-order valence-corrected chi connectivity index (χ2v) is 5.59. The fraction of sp³-hybridized carbons (Fsp3) is 0.667. The molecule has 1 aromatic rings. The van der Waals surface area contributed by atoms with E-state index >= 15 is 0 Å². The highest BCUT2D eigenvalue weighted by Crippen LogP contribution is 2.16. The molecule has 1 aliphatic heterocycles. The molecule has 1 fully saturated rings. The molecule has 5 heteroatoms. The van der Waals surface area contributed by atoms with Gasteiger partial charge in [-0.1, -0.05) is 0 Å². The number of rotatable bonds is 4. The fourth-order valence-corrected chi connectivity index (χ4v) is 2.63. The molecular weight excluding hydrogens is 257 g/mol. The van der Waals surface area contributed by atoms with Crippen LogP contribution in [0, 0.1) is 5.82 Å². The molecule has 4 nitrogen and oxygen atoms in total. The van der Waals surface area contributed by atoms with Gasteiger partial charge >= 0.3 is 0 Å². The van der Waals surface area contributed by atoms with Crippen LogP contribution in [-0.4, -0.2) is 54.1 Å². The van der Waals surface area contributed by atoms with Crippen molar-refractivity contribution in [2.24, 2.45) is 0 Å². The molecule has 1 aliphatic rings. The third kappa shape index (κ3) is 3.90. The number of hydrogen-bond donors (Lipinski definition) is 0. The molecule has 0 spiro atoms. The summed E-state index contributed by atoms with van der Waals surface area (Å²) in [4.78, 5) is 8.85. The molecule has 0 radical (unpaired) electrons. The van der Waals surface area contributed by atoms with Crippen molar-refractivity contribution in [1.29, 1.82) is 0 Å². The summed E-state index contributed by atoms with van der Waals surface area (Å²) in [5.41, 5.74) is 0.904. The number of nitrogens with zero attached hydrogens (tertiary/aromatic N) is 3. The molecule has 0 aromatic carbocycles. The summed E-state index contributed by atoms with van der Waals surface area (Å²) in [6.07, 6.45) is 2.86. The van der Waals surface area contributed by atoms with Crippen LogP contribution in [0.25, 0.3) is 0 Å². The van der Waals surface area contributed by atoms with Crippen molar-refractivity contribution in [2.75, 3.05) is 33.3 Å². The summed E-state index contributed by atoms with van der Waals surface area (Å²) in [7, 11) is 1.43. The van der Waals surface area contributed by atoms with Crippen molar-refractivity contribution < 1.29 is 9.13 Å². The summed E-state index contributed by atoms with van der Waals surface area (Å²) in [6.45, 7) is 9.51. The van der Waals surface area contributed by atoms with Crippen molar-refractivity contribution in [3.8, 4) is 5.88 Å². The average molecular weight is 281 g/mol. The maximum absolute atomic E-state index is 13.6. The highest BCUT2D eigenvalue weighted by atomic mass is 19.1. The van der Waals surface area contributed by atoms with Crippen molar-refractivity contribution >= 4 is 0 Å². The lowest BCUT2D eigenvalue weighted by molar-refractivity contribution is 0.218. The van der Waals surface area contributed by atoms with Crippen LogP contribution in [0.4, 0.5) is 4.39 Å². The number of halogens is 1. The Balaban J connectivity index is 1.94. The van der Waals surface area contributed by atoms with Crippen molar-refractivity contribution in [3.63, 3.8) is 0 Å². The van der Waals surface area contributed by atoms with Crippen LogP contribution >= 0.6 is 0 Å². The fourth-order valence-electron chi connectivity index (χ4n) is 2.63. The molecule has 0 unspecified atom stereocenters. The zero-order valence-electron chi connectivity index (χ0n) is 12.6. The van der Waals surface area contributed by atoms with Gasteiger partial charge in [-0.05, 0) is 45.0 Å². The molecule has 112 valence electrons. The van der Waals surface area contributed by atoms with Gasteiger partial charge in [0, 0.05) is 31.9 Å². The maximum Gasteiger partial charge on any atom is 0.250 e. The van der Waals surface area contributed by atoms with Gasteiger partial charge in [0.1, 0.15) is 0 Å². The lowest BCUT2D eigenvalue weighted by atomic mass is 10.2. The summed E-state index contributed by atoms with van der Waals surface area (Å²) < 4.78 is 18.5. The second-order valence-electron chi connectivity index (χ2n) is 5.59. The summed E-state index contributed by atoms with van der Waals surface area (Å²) in [5.74, 6) is -0.320. The molecule has 0 saturated carbocycles. The minimum Gasteiger partial charge on any atom is -0.479 e. The van der Waals surface area contributed by atoms with E-state index in [1.807, 2.05) is 0 Å². The molecule has 2 rings (SSSR count). The van der Waals surface area contributed by atoms with E-state index in [1.54, 1.807) is 6.20 Å². The van der Waals surface area contributed by atoms with Crippen LogP contribution in [0.15, 0.2) is 12.3 Å². The lowest BCUT2D eigenvalue weighted by Gasteiger charge is -2.24. The van der Waals surface area contributed by atoms with Crippen LogP contribution < -0.4 is 4.74 Å². The monoisotopic (exact) mass is 281 g/mol. The Morgan fingerprint density at radius 2 is 2.10 bits per heavy atom. The minimum absolute atomic E-state index is 0.0654. The molecule has 1 saturated heterocycles. The number of methoxy groups -OCH3 is 1. The molecule has 0 bridgehead atoms. The van der Waals surface area contributed by atoms with Gasteiger partial charge < -0.3 is 4.74 Å². The first-order valence-electron chi connectivity index (χ1n) is 7.25. The maximum atomic E-state index is 13.6. The first-order chi connectivity index (χ1) is 9.60. The van der Waals surface area contributed by atoms with Gasteiger partial charge in [-0.2, -0.15) is 0 Å². The highest BCUT2D eigenvalue weighted by Gasteiger charge is 2.17. The second kappa shape index (κ2) is 6.99. The van der Waals surface area contributed by atoms with E-state index in [2.05, 4.69) is 28.6 Å². The SMILES string of the molecule is COc1ncc(CN2CCCN(C(C)C)CC2)cc1F. The number of pyridine rings is 1.